The SMILES string of the molecule is O=C(CN1C(=O)c2ccccc2C1=O)NCC#CCOc1cccc2ccccc12. The van der Waals surface area contributed by atoms with E-state index in [1.165, 1.54) is 0 Å². The quantitative estimate of drug-likeness (QED) is 0.530. The van der Waals surface area contributed by atoms with Crippen molar-refractivity contribution in [1.82, 2.24) is 10.2 Å². The van der Waals surface area contributed by atoms with Crippen molar-refractivity contribution in [2.75, 3.05) is 19.7 Å². The molecule has 0 radical (unpaired) electrons. The number of nitrogens with one attached hydrogen (secondary N) is 1. The van der Waals surface area contributed by atoms with Crippen LogP contribution in [0.2, 0.25) is 0 Å². The third kappa shape index (κ3) is 3.87. The first-order chi connectivity index (χ1) is 14.6. The highest BCUT2D eigenvalue weighted by atomic mass is 16.5. The Hall–Kier alpha value is -4.11. The Balaban J connectivity index is 1.26. The second-order valence-corrected chi connectivity index (χ2v) is 6.64. The summed E-state index contributed by atoms with van der Waals surface area (Å²) < 4.78 is 5.71. The second-order valence-electron chi connectivity index (χ2n) is 6.64. The van der Waals surface area contributed by atoms with E-state index in [0.717, 1.165) is 21.4 Å². The highest BCUT2D eigenvalue weighted by Gasteiger charge is 2.36. The number of imide groups is 1. The molecule has 1 N–H and O–H groups in total. The Kier molecular flexibility index (Phi) is 5.44. The van der Waals surface area contributed by atoms with Crippen molar-refractivity contribution in [2.45, 2.75) is 0 Å². The minimum atomic E-state index is -0.458. The lowest BCUT2D eigenvalue weighted by atomic mass is 10.1. The van der Waals surface area contributed by atoms with Crippen LogP contribution in [-0.2, 0) is 4.79 Å². The molecule has 0 fully saturated rings. The largest absolute Gasteiger partial charge is 0.480 e. The molecule has 0 saturated heterocycles. The van der Waals surface area contributed by atoms with Crippen LogP contribution in [0.3, 0.4) is 0 Å². The van der Waals surface area contributed by atoms with Crippen molar-refractivity contribution in [3.05, 3.63) is 77.9 Å². The smallest absolute Gasteiger partial charge is 0.262 e. The highest BCUT2D eigenvalue weighted by Crippen LogP contribution is 2.25. The highest BCUT2D eigenvalue weighted by molar-refractivity contribution is 6.22. The van der Waals surface area contributed by atoms with Crippen LogP contribution in [-0.4, -0.2) is 42.3 Å². The number of hydrogen-bond donors (Lipinski definition) is 1. The molecule has 3 aromatic rings. The van der Waals surface area contributed by atoms with E-state index >= 15 is 0 Å². The zero-order valence-electron chi connectivity index (χ0n) is 16.1. The van der Waals surface area contributed by atoms with Gasteiger partial charge in [-0.05, 0) is 23.6 Å². The van der Waals surface area contributed by atoms with Crippen molar-refractivity contribution >= 4 is 28.5 Å². The fourth-order valence-electron chi connectivity index (χ4n) is 3.27. The van der Waals surface area contributed by atoms with E-state index in [-0.39, 0.29) is 19.7 Å². The van der Waals surface area contributed by atoms with Gasteiger partial charge in [0, 0.05) is 5.39 Å². The lowest BCUT2D eigenvalue weighted by Gasteiger charge is -2.12. The number of amides is 3. The number of rotatable bonds is 5. The number of fused-ring (bicyclic) bond motifs is 2. The number of carbonyl (C=O) groups is 3. The molecule has 4 rings (SSSR count). The van der Waals surface area contributed by atoms with E-state index in [4.69, 9.17) is 4.74 Å². The summed E-state index contributed by atoms with van der Waals surface area (Å²) >= 11 is 0. The van der Waals surface area contributed by atoms with Gasteiger partial charge in [-0.25, -0.2) is 0 Å². The summed E-state index contributed by atoms with van der Waals surface area (Å²) in [6, 6.07) is 20.3. The second kappa shape index (κ2) is 8.50. The Morgan fingerprint density at radius 3 is 2.30 bits per heavy atom. The molecule has 3 aromatic carbocycles. The summed E-state index contributed by atoms with van der Waals surface area (Å²) in [5, 5.41) is 4.69. The lowest BCUT2D eigenvalue weighted by molar-refractivity contribution is -0.121. The van der Waals surface area contributed by atoms with Crippen LogP contribution < -0.4 is 10.1 Å². The molecule has 1 heterocycles. The van der Waals surface area contributed by atoms with Gasteiger partial charge >= 0.3 is 0 Å². The fourth-order valence-corrected chi connectivity index (χ4v) is 3.27. The molecule has 6 nitrogen and oxygen atoms in total. The molecule has 0 aliphatic carbocycles. The molecule has 148 valence electrons. The van der Waals surface area contributed by atoms with Gasteiger partial charge in [0.2, 0.25) is 5.91 Å². The first kappa shape index (κ1) is 19.2. The van der Waals surface area contributed by atoms with Crippen LogP contribution in [0.15, 0.2) is 66.7 Å². The van der Waals surface area contributed by atoms with Crippen molar-refractivity contribution < 1.29 is 19.1 Å². The van der Waals surface area contributed by atoms with E-state index in [1.54, 1.807) is 24.3 Å². The molecule has 0 aromatic heterocycles. The summed E-state index contributed by atoms with van der Waals surface area (Å²) in [5.41, 5.74) is 0.640. The number of carbonyl (C=O) groups excluding carboxylic acids is 3. The van der Waals surface area contributed by atoms with E-state index in [1.807, 2.05) is 42.5 Å². The van der Waals surface area contributed by atoms with Crippen molar-refractivity contribution in [1.29, 1.82) is 0 Å². The van der Waals surface area contributed by atoms with E-state index in [9.17, 15) is 14.4 Å². The molecule has 0 atom stereocenters. The van der Waals surface area contributed by atoms with Gasteiger partial charge in [0.15, 0.2) is 0 Å². The molecule has 0 unspecified atom stereocenters. The number of ether oxygens (including phenoxy) is 1. The molecule has 6 heteroatoms. The normalized spacial score (nSPS) is 12.3. The first-order valence-corrected chi connectivity index (χ1v) is 9.43. The lowest BCUT2D eigenvalue weighted by Crippen LogP contribution is -2.40. The minimum absolute atomic E-state index is 0.0981. The van der Waals surface area contributed by atoms with Gasteiger partial charge < -0.3 is 10.1 Å². The van der Waals surface area contributed by atoms with Gasteiger partial charge in [-0.3, -0.25) is 19.3 Å². The third-order valence-corrected chi connectivity index (χ3v) is 4.73. The Morgan fingerprint density at radius 2 is 1.53 bits per heavy atom. The molecule has 1 aliphatic heterocycles. The molecular weight excluding hydrogens is 380 g/mol. The average Bonchev–Trinajstić information content (AvgIpc) is 3.01. The van der Waals surface area contributed by atoms with Crippen LogP contribution in [0.5, 0.6) is 5.75 Å². The van der Waals surface area contributed by atoms with Crippen molar-refractivity contribution in [3.63, 3.8) is 0 Å². The Morgan fingerprint density at radius 1 is 0.867 bits per heavy atom. The maximum absolute atomic E-state index is 12.3. The topological polar surface area (TPSA) is 75.7 Å². The molecular formula is C24H18N2O4. The number of hydrogen-bond acceptors (Lipinski definition) is 4. The van der Waals surface area contributed by atoms with Gasteiger partial charge in [0.1, 0.15) is 18.9 Å². The molecule has 1 aliphatic rings. The molecule has 0 saturated carbocycles. The van der Waals surface area contributed by atoms with Gasteiger partial charge in [0.05, 0.1) is 17.7 Å². The zero-order chi connectivity index (χ0) is 20.9. The van der Waals surface area contributed by atoms with Crippen LogP contribution in [0.4, 0.5) is 0 Å². The van der Waals surface area contributed by atoms with Gasteiger partial charge in [-0.1, -0.05) is 60.4 Å². The Bertz CT molecular complexity index is 1170. The predicted molar refractivity (Wildman–Crippen MR) is 112 cm³/mol. The average molecular weight is 398 g/mol. The third-order valence-electron chi connectivity index (χ3n) is 4.73. The van der Waals surface area contributed by atoms with E-state index in [0.29, 0.717) is 11.1 Å². The summed E-state index contributed by atoms with van der Waals surface area (Å²) in [4.78, 5) is 37.6. The minimum Gasteiger partial charge on any atom is -0.480 e. The molecule has 0 spiro atoms. The molecule has 0 bridgehead atoms. The zero-order valence-corrected chi connectivity index (χ0v) is 16.1. The number of benzene rings is 3. The Labute approximate surface area is 173 Å². The van der Waals surface area contributed by atoms with Crippen molar-refractivity contribution in [3.8, 4) is 17.6 Å². The molecule has 3 amide bonds. The van der Waals surface area contributed by atoms with Gasteiger partial charge in [-0.15, -0.1) is 0 Å². The summed E-state index contributed by atoms with van der Waals surface area (Å²) in [6.45, 7) is -0.0519. The fraction of sp³-hybridized carbons (Fsp3) is 0.125. The van der Waals surface area contributed by atoms with Crippen LogP contribution >= 0.6 is 0 Å². The standard InChI is InChI=1S/C24H18N2O4/c27-22(16-26-23(28)19-11-3-4-12-20(19)24(26)29)25-14-5-6-15-30-21-13-7-9-17-8-1-2-10-18(17)21/h1-4,7-13H,14-16H2,(H,25,27). The number of nitrogens with zero attached hydrogens (tertiary/aromatic N) is 1. The summed E-state index contributed by atoms with van der Waals surface area (Å²) in [5.74, 6) is 5.03. The van der Waals surface area contributed by atoms with Crippen LogP contribution in [0, 0.1) is 11.8 Å². The van der Waals surface area contributed by atoms with Crippen molar-refractivity contribution in [2.24, 2.45) is 0 Å². The molecule has 30 heavy (non-hydrogen) atoms. The summed E-state index contributed by atoms with van der Waals surface area (Å²) in [6.07, 6.45) is 0. The maximum Gasteiger partial charge on any atom is 0.262 e. The van der Waals surface area contributed by atoms with Gasteiger partial charge in [0.25, 0.3) is 11.8 Å². The first-order valence-electron chi connectivity index (χ1n) is 9.43. The maximum atomic E-state index is 12.3. The van der Waals surface area contributed by atoms with E-state index in [2.05, 4.69) is 17.2 Å². The van der Waals surface area contributed by atoms with Crippen LogP contribution in [0.1, 0.15) is 20.7 Å². The predicted octanol–water partition coefficient (Wildman–Crippen LogP) is 2.63. The van der Waals surface area contributed by atoms with Crippen LogP contribution in [0.25, 0.3) is 10.8 Å². The van der Waals surface area contributed by atoms with Gasteiger partial charge in [-0.2, -0.15) is 0 Å². The summed E-state index contributed by atoms with van der Waals surface area (Å²) in [7, 11) is 0. The van der Waals surface area contributed by atoms with E-state index < -0.39 is 17.7 Å². The monoisotopic (exact) mass is 398 g/mol.